The van der Waals surface area contributed by atoms with E-state index in [0.717, 1.165) is 19.1 Å². The van der Waals surface area contributed by atoms with Gasteiger partial charge in [0, 0.05) is 25.7 Å². The molecule has 2 N–H and O–H groups in total. The van der Waals surface area contributed by atoms with Gasteiger partial charge in [0.25, 0.3) is 0 Å². The number of piperazine rings is 1. The summed E-state index contributed by atoms with van der Waals surface area (Å²) in [6.45, 7) is 5.76. The summed E-state index contributed by atoms with van der Waals surface area (Å²) in [5, 5.41) is 7.02. The zero-order chi connectivity index (χ0) is 11.5. The van der Waals surface area contributed by atoms with Crippen molar-refractivity contribution < 1.29 is 0 Å². The van der Waals surface area contributed by atoms with Crippen molar-refractivity contribution in [2.75, 3.05) is 19.6 Å². The number of hydrogen-bond acceptors (Lipinski definition) is 2. The van der Waals surface area contributed by atoms with Crippen molar-refractivity contribution >= 4 is 0 Å². The first kappa shape index (κ1) is 14.0. The number of hydrogen-bond donors (Lipinski definition) is 2. The summed E-state index contributed by atoms with van der Waals surface area (Å²) >= 11 is 0. The maximum Gasteiger partial charge on any atom is 0.0193 e. The van der Waals surface area contributed by atoms with Crippen molar-refractivity contribution in [1.82, 2.24) is 10.6 Å². The van der Waals surface area contributed by atoms with E-state index in [2.05, 4.69) is 17.6 Å². The van der Waals surface area contributed by atoms with Crippen LogP contribution in [0.5, 0.6) is 0 Å². The minimum Gasteiger partial charge on any atom is -0.314 e. The average molecular weight is 226 g/mol. The maximum absolute atomic E-state index is 3.58. The highest BCUT2D eigenvalue weighted by Crippen LogP contribution is 2.10. The highest BCUT2D eigenvalue weighted by Gasteiger charge is 2.10. The van der Waals surface area contributed by atoms with Crippen LogP contribution >= 0.6 is 0 Å². The summed E-state index contributed by atoms with van der Waals surface area (Å²) in [7, 11) is 0. The number of unbranched alkanes of at least 4 members (excludes halogenated alkanes) is 7. The monoisotopic (exact) mass is 226 g/mol. The van der Waals surface area contributed by atoms with Gasteiger partial charge in [0.1, 0.15) is 0 Å². The van der Waals surface area contributed by atoms with Gasteiger partial charge in [-0.05, 0) is 6.42 Å². The second-order valence-corrected chi connectivity index (χ2v) is 5.12. The van der Waals surface area contributed by atoms with Crippen molar-refractivity contribution in [2.45, 2.75) is 70.8 Å². The standard InChI is InChI=1S/C14H30N2/c1-2-3-4-5-6-7-8-9-10-14-13-15-11-12-16-14/h14-16H,2-13H2,1H3. The molecule has 1 atom stereocenters. The van der Waals surface area contributed by atoms with E-state index in [0.29, 0.717) is 0 Å². The Morgan fingerprint density at radius 3 is 2.19 bits per heavy atom. The van der Waals surface area contributed by atoms with Crippen molar-refractivity contribution in [1.29, 1.82) is 0 Å². The Hall–Kier alpha value is -0.0800. The van der Waals surface area contributed by atoms with Crippen LogP contribution in [-0.2, 0) is 0 Å². The predicted octanol–water partition coefficient (Wildman–Crippen LogP) is 3.08. The molecule has 2 heteroatoms. The summed E-state index contributed by atoms with van der Waals surface area (Å²) in [6.07, 6.45) is 12.8. The molecule has 1 aliphatic rings. The van der Waals surface area contributed by atoms with E-state index in [4.69, 9.17) is 0 Å². The summed E-state index contributed by atoms with van der Waals surface area (Å²) in [6, 6.07) is 0.744. The van der Waals surface area contributed by atoms with Crippen LogP contribution in [0.15, 0.2) is 0 Å². The molecule has 2 nitrogen and oxygen atoms in total. The molecule has 1 fully saturated rings. The zero-order valence-electron chi connectivity index (χ0n) is 11.1. The van der Waals surface area contributed by atoms with Crippen molar-refractivity contribution in [3.05, 3.63) is 0 Å². The molecule has 0 aromatic heterocycles. The van der Waals surface area contributed by atoms with Gasteiger partial charge in [-0.15, -0.1) is 0 Å². The Bertz CT molecular complexity index is 142. The van der Waals surface area contributed by atoms with E-state index in [1.807, 2.05) is 0 Å². The van der Waals surface area contributed by atoms with Gasteiger partial charge in [-0.1, -0.05) is 58.3 Å². The lowest BCUT2D eigenvalue weighted by atomic mass is 10.0. The van der Waals surface area contributed by atoms with Gasteiger partial charge in [-0.25, -0.2) is 0 Å². The van der Waals surface area contributed by atoms with Gasteiger partial charge in [0.2, 0.25) is 0 Å². The van der Waals surface area contributed by atoms with E-state index < -0.39 is 0 Å². The second kappa shape index (κ2) is 10.1. The third-order valence-electron chi connectivity index (χ3n) is 3.53. The SMILES string of the molecule is CCCCCCCCCCC1CNCCN1. The van der Waals surface area contributed by atoms with Crippen LogP contribution in [0, 0.1) is 0 Å². The topological polar surface area (TPSA) is 24.1 Å². The number of rotatable bonds is 9. The van der Waals surface area contributed by atoms with Gasteiger partial charge in [0.15, 0.2) is 0 Å². The summed E-state index contributed by atoms with van der Waals surface area (Å²) in [5.74, 6) is 0. The third-order valence-corrected chi connectivity index (χ3v) is 3.53. The fourth-order valence-electron chi connectivity index (χ4n) is 2.44. The highest BCUT2D eigenvalue weighted by atomic mass is 15.0. The molecule has 0 aromatic carbocycles. The summed E-state index contributed by atoms with van der Waals surface area (Å²) < 4.78 is 0. The number of nitrogens with one attached hydrogen (secondary N) is 2. The van der Waals surface area contributed by atoms with E-state index in [1.54, 1.807) is 0 Å². The first-order valence-electron chi connectivity index (χ1n) is 7.37. The quantitative estimate of drug-likeness (QED) is 0.590. The van der Waals surface area contributed by atoms with E-state index in [9.17, 15) is 0 Å². The fraction of sp³-hybridized carbons (Fsp3) is 1.00. The van der Waals surface area contributed by atoms with Crippen molar-refractivity contribution in [3.63, 3.8) is 0 Å². The summed E-state index contributed by atoms with van der Waals surface area (Å²) in [5.41, 5.74) is 0. The Morgan fingerprint density at radius 2 is 1.56 bits per heavy atom. The molecule has 96 valence electrons. The zero-order valence-corrected chi connectivity index (χ0v) is 11.1. The van der Waals surface area contributed by atoms with Crippen LogP contribution in [0.4, 0.5) is 0 Å². The molecular weight excluding hydrogens is 196 g/mol. The molecule has 0 bridgehead atoms. The van der Waals surface area contributed by atoms with Crippen LogP contribution in [0.2, 0.25) is 0 Å². The van der Waals surface area contributed by atoms with Gasteiger partial charge in [-0.2, -0.15) is 0 Å². The molecule has 16 heavy (non-hydrogen) atoms. The lowest BCUT2D eigenvalue weighted by Gasteiger charge is -2.24. The minimum atomic E-state index is 0.744. The molecule has 0 aromatic rings. The highest BCUT2D eigenvalue weighted by molar-refractivity contribution is 4.74. The molecular formula is C14H30N2. The Balaban J connectivity index is 1.77. The normalized spacial score (nSPS) is 21.2. The van der Waals surface area contributed by atoms with Crippen LogP contribution < -0.4 is 10.6 Å². The second-order valence-electron chi connectivity index (χ2n) is 5.12. The molecule has 0 spiro atoms. The molecule has 0 saturated carbocycles. The maximum atomic E-state index is 3.58. The molecule has 1 rings (SSSR count). The minimum absolute atomic E-state index is 0.744. The van der Waals surface area contributed by atoms with Crippen LogP contribution in [-0.4, -0.2) is 25.7 Å². The molecule has 0 aliphatic carbocycles. The van der Waals surface area contributed by atoms with Gasteiger partial charge in [0.05, 0.1) is 0 Å². The lowest BCUT2D eigenvalue weighted by molar-refractivity contribution is 0.386. The molecule has 1 aliphatic heterocycles. The van der Waals surface area contributed by atoms with Crippen molar-refractivity contribution in [3.8, 4) is 0 Å². The van der Waals surface area contributed by atoms with E-state index in [-0.39, 0.29) is 0 Å². The Labute approximate surface area is 102 Å². The third kappa shape index (κ3) is 7.24. The predicted molar refractivity (Wildman–Crippen MR) is 71.9 cm³/mol. The van der Waals surface area contributed by atoms with Crippen LogP contribution in [0.3, 0.4) is 0 Å². The van der Waals surface area contributed by atoms with Gasteiger partial charge < -0.3 is 10.6 Å². The Morgan fingerprint density at radius 1 is 0.875 bits per heavy atom. The van der Waals surface area contributed by atoms with Crippen LogP contribution in [0.1, 0.15) is 64.7 Å². The largest absolute Gasteiger partial charge is 0.314 e. The first-order valence-corrected chi connectivity index (χ1v) is 7.37. The van der Waals surface area contributed by atoms with Gasteiger partial charge >= 0.3 is 0 Å². The van der Waals surface area contributed by atoms with Crippen molar-refractivity contribution in [2.24, 2.45) is 0 Å². The molecule has 1 saturated heterocycles. The van der Waals surface area contributed by atoms with E-state index >= 15 is 0 Å². The van der Waals surface area contributed by atoms with Crippen LogP contribution in [0.25, 0.3) is 0 Å². The van der Waals surface area contributed by atoms with Gasteiger partial charge in [-0.3, -0.25) is 0 Å². The average Bonchev–Trinajstić information content (AvgIpc) is 2.34. The lowest BCUT2D eigenvalue weighted by Crippen LogP contribution is -2.48. The first-order chi connectivity index (χ1) is 7.93. The Kier molecular flexibility index (Phi) is 8.83. The smallest absolute Gasteiger partial charge is 0.0193 e. The molecule has 0 radical (unpaired) electrons. The van der Waals surface area contributed by atoms with E-state index in [1.165, 1.54) is 64.3 Å². The fourth-order valence-corrected chi connectivity index (χ4v) is 2.44. The summed E-state index contributed by atoms with van der Waals surface area (Å²) in [4.78, 5) is 0. The molecule has 1 heterocycles. The molecule has 1 unspecified atom stereocenters. The molecule has 0 amide bonds.